The molecule has 18 heavy (non-hydrogen) atoms. The molecule has 0 radical (unpaired) electrons. The van der Waals surface area contributed by atoms with Crippen molar-refractivity contribution in [1.29, 1.82) is 0 Å². The fourth-order valence-corrected chi connectivity index (χ4v) is 1.57. The van der Waals surface area contributed by atoms with Crippen molar-refractivity contribution < 1.29 is 27.0 Å². The number of hydrogen-bond acceptors (Lipinski definition) is 3. The van der Waals surface area contributed by atoms with Crippen molar-refractivity contribution in [2.75, 3.05) is 6.54 Å². The third kappa shape index (κ3) is 2.22. The zero-order chi connectivity index (χ0) is 13.4. The molecule has 0 amide bonds. The molecular weight excluding hydrogens is 254 g/mol. The highest BCUT2D eigenvalue weighted by Gasteiger charge is 2.65. The van der Waals surface area contributed by atoms with Crippen LogP contribution in [-0.2, 0) is 6.42 Å². The smallest absolute Gasteiger partial charge is 0.421 e. The second-order valence-corrected chi connectivity index (χ2v) is 3.91. The van der Waals surface area contributed by atoms with E-state index in [2.05, 4.69) is 9.47 Å². The number of benzene rings is 1. The molecular formula is C11H11F4NO2. The van der Waals surface area contributed by atoms with Gasteiger partial charge in [0.1, 0.15) is 0 Å². The van der Waals surface area contributed by atoms with E-state index in [0.29, 0.717) is 24.9 Å². The molecule has 1 aromatic carbocycles. The van der Waals surface area contributed by atoms with E-state index < -0.39 is 18.0 Å². The predicted octanol–water partition coefficient (Wildman–Crippen LogP) is 2.53. The average molecular weight is 265 g/mol. The van der Waals surface area contributed by atoms with Gasteiger partial charge in [0, 0.05) is 0 Å². The Balaban J connectivity index is 2.27. The summed E-state index contributed by atoms with van der Waals surface area (Å²) in [6, 6.07) is 3.95. The van der Waals surface area contributed by atoms with Crippen LogP contribution in [0.15, 0.2) is 18.2 Å². The maximum absolute atomic E-state index is 12.9. The fourth-order valence-electron chi connectivity index (χ4n) is 1.57. The first-order valence-electron chi connectivity index (χ1n) is 5.32. The molecule has 2 rings (SSSR count). The molecule has 0 saturated carbocycles. The van der Waals surface area contributed by atoms with Crippen LogP contribution < -0.4 is 15.2 Å². The Labute approximate surface area is 100 Å². The minimum atomic E-state index is -4.67. The first-order valence-corrected chi connectivity index (χ1v) is 5.32. The second kappa shape index (κ2) is 4.31. The number of aryl methyl sites for hydroxylation is 1. The molecule has 0 atom stereocenters. The zero-order valence-corrected chi connectivity index (χ0v) is 9.26. The van der Waals surface area contributed by atoms with Crippen LogP contribution in [0.5, 0.6) is 11.5 Å². The van der Waals surface area contributed by atoms with Gasteiger partial charge in [-0.3, -0.25) is 0 Å². The Hall–Kier alpha value is -1.50. The van der Waals surface area contributed by atoms with Crippen molar-refractivity contribution in [2.24, 2.45) is 5.73 Å². The third-order valence-electron chi connectivity index (χ3n) is 2.49. The zero-order valence-electron chi connectivity index (χ0n) is 9.26. The summed E-state index contributed by atoms with van der Waals surface area (Å²) in [5.41, 5.74) is 5.99. The van der Waals surface area contributed by atoms with Crippen LogP contribution in [0.2, 0.25) is 0 Å². The molecule has 3 nitrogen and oxygen atoms in total. The summed E-state index contributed by atoms with van der Waals surface area (Å²) in [5.74, 6) is -0.789. The SMILES string of the molecule is NCCCc1ccc2c(c1)OC(F)(F)C(F)(F)O2. The van der Waals surface area contributed by atoms with Crippen molar-refractivity contribution in [1.82, 2.24) is 0 Å². The minimum absolute atomic E-state index is 0.388. The summed E-state index contributed by atoms with van der Waals surface area (Å²) < 4.78 is 59.5. The van der Waals surface area contributed by atoms with Crippen molar-refractivity contribution in [3.63, 3.8) is 0 Å². The van der Waals surface area contributed by atoms with E-state index in [1.807, 2.05) is 0 Å². The Morgan fingerprint density at radius 1 is 1.00 bits per heavy atom. The first kappa shape index (κ1) is 12.9. The van der Waals surface area contributed by atoms with Gasteiger partial charge in [-0.25, -0.2) is 0 Å². The summed E-state index contributed by atoms with van der Waals surface area (Å²) in [5, 5.41) is 0. The van der Waals surface area contributed by atoms with Gasteiger partial charge < -0.3 is 15.2 Å². The molecule has 100 valence electrons. The number of ether oxygens (including phenoxy) is 2. The van der Waals surface area contributed by atoms with Crippen LogP contribution in [0, 0.1) is 0 Å². The third-order valence-corrected chi connectivity index (χ3v) is 2.49. The molecule has 0 bridgehead atoms. The highest BCUT2D eigenvalue weighted by molar-refractivity contribution is 5.44. The topological polar surface area (TPSA) is 44.5 Å². The van der Waals surface area contributed by atoms with Gasteiger partial charge in [-0.15, -0.1) is 0 Å². The highest BCUT2D eigenvalue weighted by Crippen LogP contribution is 2.47. The lowest BCUT2D eigenvalue weighted by Crippen LogP contribution is -2.52. The Morgan fingerprint density at radius 3 is 2.22 bits per heavy atom. The maximum atomic E-state index is 12.9. The van der Waals surface area contributed by atoms with E-state index in [0.717, 1.165) is 0 Å². The summed E-state index contributed by atoms with van der Waals surface area (Å²) in [4.78, 5) is 0. The van der Waals surface area contributed by atoms with E-state index >= 15 is 0 Å². The van der Waals surface area contributed by atoms with Gasteiger partial charge in [-0.2, -0.15) is 17.6 Å². The standard InChI is InChI=1S/C11H11F4NO2/c12-10(13)11(14,15)18-9-6-7(2-1-5-16)3-4-8(9)17-10/h3-4,6H,1-2,5,16H2. The van der Waals surface area contributed by atoms with Crippen molar-refractivity contribution >= 4 is 0 Å². The Bertz CT molecular complexity index is 451. The summed E-state index contributed by atoms with van der Waals surface area (Å²) in [7, 11) is 0. The van der Waals surface area contributed by atoms with Gasteiger partial charge in [-0.05, 0) is 37.1 Å². The van der Waals surface area contributed by atoms with Gasteiger partial charge in [0.2, 0.25) is 0 Å². The Morgan fingerprint density at radius 2 is 1.61 bits per heavy atom. The molecule has 1 aromatic rings. The highest BCUT2D eigenvalue weighted by atomic mass is 19.3. The number of halogens is 4. The van der Waals surface area contributed by atoms with E-state index in [1.54, 1.807) is 0 Å². The molecule has 2 N–H and O–H groups in total. The monoisotopic (exact) mass is 265 g/mol. The summed E-state index contributed by atoms with van der Waals surface area (Å²) >= 11 is 0. The van der Waals surface area contributed by atoms with Gasteiger partial charge >= 0.3 is 12.2 Å². The molecule has 0 spiro atoms. The van der Waals surface area contributed by atoms with Crippen molar-refractivity contribution in [3.05, 3.63) is 23.8 Å². The van der Waals surface area contributed by atoms with Crippen LogP contribution >= 0.6 is 0 Å². The van der Waals surface area contributed by atoms with Gasteiger partial charge in [0.15, 0.2) is 11.5 Å². The lowest BCUT2D eigenvalue weighted by Gasteiger charge is -2.31. The van der Waals surface area contributed by atoms with Crippen LogP contribution in [0.25, 0.3) is 0 Å². The van der Waals surface area contributed by atoms with E-state index in [-0.39, 0.29) is 5.75 Å². The summed E-state index contributed by atoms with van der Waals surface area (Å²) in [6.45, 7) is 0.447. The van der Waals surface area contributed by atoms with Crippen LogP contribution in [0.4, 0.5) is 17.6 Å². The van der Waals surface area contributed by atoms with E-state index in [9.17, 15) is 17.6 Å². The molecule has 0 saturated heterocycles. The Kier molecular flexibility index (Phi) is 3.10. The van der Waals surface area contributed by atoms with Crippen LogP contribution in [0.3, 0.4) is 0 Å². The number of rotatable bonds is 3. The normalized spacial score (nSPS) is 19.6. The molecule has 0 aliphatic carbocycles. The number of hydrogen-bond donors (Lipinski definition) is 1. The molecule has 1 aliphatic heterocycles. The predicted molar refractivity (Wildman–Crippen MR) is 55.0 cm³/mol. The molecule has 1 heterocycles. The lowest BCUT2D eigenvalue weighted by atomic mass is 10.1. The van der Waals surface area contributed by atoms with Gasteiger partial charge in [-0.1, -0.05) is 6.07 Å². The van der Waals surface area contributed by atoms with Crippen LogP contribution in [0.1, 0.15) is 12.0 Å². The molecule has 7 heteroatoms. The lowest BCUT2D eigenvalue weighted by molar-refractivity contribution is -0.391. The molecule has 0 aromatic heterocycles. The average Bonchev–Trinajstić information content (AvgIpc) is 2.27. The number of alkyl halides is 4. The summed E-state index contributed by atoms with van der Waals surface area (Å²) in [6.07, 6.45) is -8.13. The molecule has 0 unspecified atom stereocenters. The fraction of sp³-hybridized carbons (Fsp3) is 0.455. The largest absolute Gasteiger partial charge is 0.507 e. The quantitative estimate of drug-likeness (QED) is 0.854. The maximum Gasteiger partial charge on any atom is 0.507 e. The van der Waals surface area contributed by atoms with Gasteiger partial charge in [0.25, 0.3) is 0 Å². The van der Waals surface area contributed by atoms with Crippen molar-refractivity contribution in [2.45, 2.75) is 25.1 Å². The van der Waals surface area contributed by atoms with E-state index in [4.69, 9.17) is 5.73 Å². The minimum Gasteiger partial charge on any atom is -0.421 e. The first-order chi connectivity index (χ1) is 8.36. The molecule has 0 fully saturated rings. The number of nitrogens with two attached hydrogens (primary N) is 1. The van der Waals surface area contributed by atoms with Crippen LogP contribution in [-0.4, -0.2) is 18.8 Å². The van der Waals surface area contributed by atoms with E-state index in [1.165, 1.54) is 18.2 Å². The van der Waals surface area contributed by atoms with Crippen molar-refractivity contribution in [3.8, 4) is 11.5 Å². The molecule has 1 aliphatic rings. The number of fused-ring (bicyclic) bond motifs is 1. The van der Waals surface area contributed by atoms with Gasteiger partial charge in [0.05, 0.1) is 0 Å². The second-order valence-electron chi connectivity index (χ2n) is 3.91.